The Morgan fingerprint density at radius 1 is 1.08 bits per heavy atom. The average Bonchev–Trinajstić information content (AvgIpc) is 3.32. The number of aryl methyl sites for hydroxylation is 1. The van der Waals surface area contributed by atoms with Crippen molar-refractivity contribution >= 4 is 57.9 Å². The summed E-state index contributed by atoms with van der Waals surface area (Å²) in [6, 6.07) is 14.9. The van der Waals surface area contributed by atoms with Crippen molar-refractivity contribution in [3.05, 3.63) is 80.5 Å². The van der Waals surface area contributed by atoms with Gasteiger partial charge in [0.1, 0.15) is 12.1 Å². The van der Waals surface area contributed by atoms with Crippen LogP contribution in [0.4, 0.5) is 11.4 Å². The maximum absolute atomic E-state index is 13.2. The van der Waals surface area contributed by atoms with Gasteiger partial charge in [0.15, 0.2) is 0 Å². The first-order valence-corrected chi connectivity index (χ1v) is 12.6. The number of ether oxygens (including phenoxy) is 1. The van der Waals surface area contributed by atoms with Gasteiger partial charge in [-0.3, -0.25) is 19.2 Å². The predicted octanol–water partition coefficient (Wildman–Crippen LogP) is 3.46. The monoisotopic (exact) mass is 540 g/mol. The van der Waals surface area contributed by atoms with E-state index in [9.17, 15) is 19.2 Å². The number of carbonyl (C=O) groups excluding carboxylic acids is 4. The summed E-state index contributed by atoms with van der Waals surface area (Å²) in [6.07, 6.45) is 0. The molecular weight excluding hydrogens is 516 g/mol. The molecule has 9 nitrogen and oxygen atoms in total. The molecule has 37 heavy (non-hydrogen) atoms. The predicted molar refractivity (Wildman–Crippen MR) is 142 cm³/mol. The van der Waals surface area contributed by atoms with Crippen LogP contribution in [0.15, 0.2) is 54.6 Å². The maximum Gasteiger partial charge on any atom is 0.262 e. The van der Waals surface area contributed by atoms with Crippen molar-refractivity contribution in [3.8, 4) is 0 Å². The molecule has 1 unspecified atom stereocenters. The second-order valence-corrected chi connectivity index (χ2v) is 10.4. The van der Waals surface area contributed by atoms with Gasteiger partial charge >= 0.3 is 0 Å². The van der Waals surface area contributed by atoms with Gasteiger partial charge in [-0.05, 0) is 55.8 Å². The minimum Gasteiger partial charge on any atom is -0.370 e. The third-order valence-corrected chi connectivity index (χ3v) is 7.36. The van der Waals surface area contributed by atoms with Gasteiger partial charge in [0, 0.05) is 23.4 Å². The number of nitrogens with zero attached hydrogens (tertiary/aromatic N) is 1. The fourth-order valence-electron chi connectivity index (χ4n) is 4.01. The van der Waals surface area contributed by atoms with Crippen LogP contribution < -0.4 is 21.3 Å². The zero-order chi connectivity index (χ0) is 26.7. The van der Waals surface area contributed by atoms with Crippen LogP contribution in [0.25, 0.3) is 0 Å². The molecule has 1 atom stereocenters. The molecular formula is C26H25ClN4O5S. The molecule has 0 bridgehead atoms. The van der Waals surface area contributed by atoms with Crippen LogP contribution in [-0.2, 0) is 19.9 Å². The number of hydrogen-bond donors (Lipinski definition) is 3. The van der Waals surface area contributed by atoms with Gasteiger partial charge in [-0.1, -0.05) is 29.8 Å². The number of morpholine rings is 1. The van der Waals surface area contributed by atoms with E-state index in [2.05, 4.69) is 10.6 Å². The summed E-state index contributed by atoms with van der Waals surface area (Å²) in [7, 11) is 0. The van der Waals surface area contributed by atoms with Crippen LogP contribution in [0.5, 0.6) is 0 Å². The molecule has 3 aromatic rings. The van der Waals surface area contributed by atoms with Crippen LogP contribution in [-0.4, -0.2) is 43.4 Å². The third kappa shape index (κ3) is 5.51. The highest BCUT2D eigenvalue weighted by atomic mass is 35.5. The van der Waals surface area contributed by atoms with E-state index in [1.807, 2.05) is 0 Å². The third-order valence-electron chi connectivity index (χ3n) is 6.13. The molecule has 4 amide bonds. The van der Waals surface area contributed by atoms with Crippen LogP contribution in [0.3, 0.4) is 0 Å². The SMILES string of the molecule is Cc1cccc(C(C)(NC(=O)c2ccc(Cl)s2)C(N)=O)c1NC(=O)c1ccc(N2CCOCC2=O)cc1. The molecule has 0 radical (unpaired) electrons. The minimum atomic E-state index is -1.64. The number of amides is 4. The number of nitrogens with one attached hydrogen (secondary N) is 2. The fourth-order valence-corrected chi connectivity index (χ4v) is 4.94. The Balaban J connectivity index is 1.61. The van der Waals surface area contributed by atoms with E-state index in [0.717, 1.165) is 11.3 Å². The summed E-state index contributed by atoms with van der Waals surface area (Å²) in [4.78, 5) is 52.7. The van der Waals surface area contributed by atoms with E-state index in [0.29, 0.717) is 50.4 Å². The molecule has 1 aliphatic heterocycles. The maximum atomic E-state index is 13.2. The number of primary amides is 1. The van der Waals surface area contributed by atoms with Gasteiger partial charge in [-0.2, -0.15) is 0 Å². The molecule has 11 heteroatoms. The lowest BCUT2D eigenvalue weighted by atomic mass is 9.87. The summed E-state index contributed by atoms with van der Waals surface area (Å²) in [5.41, 5.74) is 6.49. The van der Waals surface area contributed by atoms with Crippen molar-refractivity contribution in [2.75, 3.05) is 30.0 Å². The van der Waals surface area contributed by atoms with Crippen LogP contribution in [0.1, 0.15) is 38.1 Å². The summed E-state index contributed by atoms with van der Waals surface area (Å²) >= 11 is 7.02. The van der Waals surface area contributed by atoms with Gasteiger partial charge in [0.05, 0.1) is 21.5 Å². The lowest BCUT2D eigenvalue weighted by Gasteiger charge is -2.30. The highest BCUT2D eigenvalue weighted by molar-refractivity contribution is 7.18. The van der Waals surface area contributed by atoms with Gasteiger partial charge in [0.25, 0.3) is 17.7 Å². The molecule has 1 aliphatic rings. The molecule has 4 rings (SSSR count). The number of thiophene rings is 1. The Bertz CT molecular complexity index is 1370. The van der Waals surface area contributed by atoms with E-state index < -0.39 is 23.3 Å². The number of rotatable bonds is 7. The Morgan fingerprint density at radius 3 is 2.43 bits per heavy atom. The van der Waals surface area contributed by atoms with Crippen LogP contribution >= 0.6 is 22.9 Å². The lowest BCUT2D eigenvalue weighted by molar-refractivity contribution is -0.125. The quantitative estimate of drug-likeness (QED) is 0.422. The summed E-state index contributed by atoms with van der Waals surface area (Å²) in [5, 5.41) is 5.57. The standard InChI is InChI=1S/C26H25ClN4O5S/c1-15-4-3-5-18(26(2,25(28)35)30-24(34)19-10-11-20(27)37-19)22(15)29-23(33)16-6-8-17(9-7-16)31-12-13-36-14-21(31)32/h3-11H,12-14H2,1-2H3,(H2,28,35)(H,29,33)(H,30,34). The first kappa shape index (κ1) is 26.3. The summed E-state index contributed by atoms with van der Waals surface area (Å²) in [6.45, 7) is 4.16. The van der Waals surface area contributed by atoms with Gasteiger partial charge < -0.3 is 26.0 Å². The van der Waals surface area contributed by atoms with Crippen molar-refractivity contribution in [1.82, 2.24) is 5.32 Å². The van der Waals surface area contributed by atoms with Crippen molar-refractivity contribution in [1.29, 1.82) is 0 Å². The molecule has 0 spiro atoms. The number of benzene rings is 2. The van der Waals surface area contributed by atoms with E-state index in [1.165, 1.54) is 6.92 Å². The molecule has 0 aliphatic carbocycles. The Labute approximate surface area is 222 Å². The van der Waals surface area contributed by atoms with E-state index in [4.69, 9.17) is 22.1 Å². The number of anilines is 2. The van der Waals surface area contributed by atoms with Crippen LogP contribution in [0.2, 0.25) is 4.34 Å². The molecule has 0 saturated carbocycles. The number of halogens is 1. The first-order chi connectivity index (χ1) is 17.6. The minimum absolute atomic E-state index is 0.0208. The molecule has 1 aromatic heterocycles. The first-order valence-electron chi connectivity index (χ1n) is 11.4. The topological polar surface area (TPSA) is 131 Å². The molecule has 4 N–H and O–H groups in total. The van der Waals surface area contributed by atoms with E-state index >= 15 is 0 Å². The van der Waals surface area contributed by atoms with Gasteiger partial charge in [0.2, 0.25) is 5.91 Å². The second kappa shape index (κ2) is 10.7. The smallest absolute Gasteiger partial charge is 0.262 e. The van der Waals surface area contributed by atoms with Crippen molar-refractivity contribution in [2.45, 2.75) is 19.4 Å². The molecule has 1 saturated heterocycles. The molecule has 2 aromatic carbocycles. The number of para-hydroxylation sites is 1. The number of carbonyl (C=O) groups is 4. The van der Waals surface area contributed by atoms with Crippen molar-refractivity contribution in [2.24, 2.45) is 5.73 Å². The van der Waals surface area contributed by atoms with Crippen molar-refractivity contribution in [3.63, 3.8) is 0 Å². The van der Waals surface area contributed by atoms with Gasteiger partial charge in [-0.25, -0.2) is 0 Å². The Morgan fingerprint density at radius 2 is 1.81 bits per heavy atom. The largest absolute Gasteiger partial charge is 0.370 e. The Kier molecular flexibility index (Phi) is 7.63. The molecule has 192 valence electrons. The zero-order valence-electron chi connectivity index (χ0n) is 20.2. The molecule has 1 fully saturated rings. The highest BCUT2D eigenvalue weighted by Gasteiger charge is 2.38. The fraction of sp³-hybridized carbons (Fsp3) is 0.231. The highest BCUT2D eigenvalue weighted by Crippen LogP contribution is 2.32. The zero-order valence-corrected chi connectivity index (χ0v) is 21.7. The number of nitrogens with two attached hydrogens (primary N) is 1. The van der Waals surface area contributed by atoms with Gasteiger partial charge in [-0.15, -0.1) is 11.3 Å². The Hall–Kier alpha value is -3.73. The normalized spacial score (nSPS) is 15.1. The average molecular weight is 541 g/mol. The van der Waals surface area contributed by atoms with E-state index in [-0.39, 0.29) is 12.5 Å². The molecule has 2 heterocycles. The van der Waals surface area contributed by atoms with E-state index in [1.54, 1.807) is 66.4 Å². The van der Waals surface area contributed by atoms with Crippen molar-refractivity contribution < 1.29 is 23.9 Å². The lowest BCUT2D eigenvalue weighted by Crippen LogP contribution is -2.53. The van der Waals surface area contributed by atoms with Crippen LogP contribution in [0, 0.1) is 6.92 Å². The second-order valence-electron chi connectivity index (χ2n) is 8.64. The number of hydrogen-bond acceptors (Lipinski definition) is 6. The summed E-state index contributed by atoms with van der Waals surface area (Å²) in [5.74, 6) is -1.90. The summed E-state index contributed by atoms with van der Waals surface area (Å²) < 4.78 is 5.59.